The van der Waals surface area contributed by atoms with Gasteiger partial charge in [-0.1, -0.05) is 44.2 Å². The fourth-order valence-electron chi connectivity index (χ4n) is 3.43. The first kappa shape index (κ1) is 17.0. The molecular formula is C20H22N4OS. The summed E-state index contributed by atoms with van der Waals surface area (Å²) in [6.07, 6.45) is 1.65. The molecule has 0 N–H and O–H groups in total. The maximum Gasteiger partial charge on any atom is 0.225 e. The number of carbonyl (C=O) groups excluding carboxylic acids is 1. The van der Waals surface area contributed by atoms with Gasteiger partial charge in [0.2, 0.25) is 5.91 Å². The maximum absolute atomic E-state index is 12.2. The zero-order valence-electron chi connectivity index (χ0n) is 15.1. The molecule has 26 heavy (non-hydrogen) atoms. The van der Waals surface area contributed by atoms with Crippen molar-refractivity contribution in [2.75, 3.05) is 31.1 Å². The third-order valence-corrected chi connectivity index (χ3v) is 5.71. The summed E-state index contributed by atoms with van der Waals surface area (Å²) in [4.78, 5) is 26.6. The van der Waals surface area contributed by atoms with Crippen molar-refractivity contribution in [3.63, 3.8) is 0 Å². The Bertz CT molecular complexity index is 914. The van der Waals surface area contributed by atoms with E-state index in [0.29, 0.717) is 0 Å². The lowest BCUT2D eigenvalue weighted by atomic mass is 10.1. The number of hydrogen-bond donors (Lipinski definition) is 0. The Balaban J connectivity index is 1.66. The number of rotatable bonds is 3. The van der Waals surface area contributed by atoms with E-state index in [1.165, 1.54) is 11.1 Å². The highest BCUT2D eigenvalue weighted by Crippen LogP contribution is 2.37. The number of nitrogens with zero attached hydrogens (tertiary/aromatic N) is 4. The van der Waals surface area contributed by atoms with Crippen LogP contribution in [0.25, 0.3) is 21.3 Å². The Morgan fingerprint density at radius 2 is 1.81 bits per heavy atom. The Morgan fingerprint density at radius 3 is 2.50 bits per heavy atom. The Kier molecular flexibility index (Phi) is 4.59. The van der Waals surface area contributed by atoms with Crippen LogP contribution in [-0.4, -0.2) is 47.0 Å². The third-order valence-electron chi connectivity index (χ3n) is 4.82. The minimum atomic E-state index is 0.0499. The van der Waals surface area contributed by atoms with E-state index in [9.17, 15) is 4.79 Å². The van der Waals surface area contributed by atoms with Crippen molar-refractivity contribution in [3.05, 3.63) is 42.0 Å². The molecule has 0 bridgehead atoms. The van der Waals surface area contributed by atoms with Gasteiger partial charge in [-0.3, -0.25) is 4.79 Å². The molecule has 4 rings (SSSR count). The SMILES string of the molecule is CC(C)C(=O)N1CCN(c2ncnc3scc(-c4ccccc4)c23)CC1. The van der Waals surface area contributed by atoms with Gasteiger partial charge in [0.05, 0.1) is 5.39 Å². The normalized spacial score (nSPS) is 15.0. The minimum absolute atomic E-state index is 0.0499. The van der Waals surface area contributed by atoms with Crippen LogP contribution in [0.1, 0.15) is 13.8 Å². The molecule has 0 saturated carbocycles. The summed E-state index contributed by atoms with van der Waals surface area (Å²) in [5.41, 5.74) is 2.37. The van der Waals surface area contributed by atoms with E-state index in [1.807, 2.05) is 24.8 Å². The summed E-state index contributed by atoms with van der Waals surface area (Å²) in [6.45, 7) is 7.00. The van der Waals surface area contributed by atoms with Crippen LogP contribution in [0.4, 0.5) is 5.82 Å². The predicted molar refractivity (Wildman–Crippen MR) is 106 cm³/mol. The van der Waals surface area contributed by atoms with Crippen molar-refractivity contribution in [1.29, 1.82) is 0 Å². The van der Waals surface area contributed by atoms with E-state index in [0.717, 1.165) is 42.2 Å². The molecule has 1 fully saturated rings. The van der Waals surface area contributed by atoms with Crippen molar-refractivity contribution in [2.45, 2.75) is 13.8 Å². The van der Waals surface area contributed by atoms with E-state index in [-0.39, 0.29) is 11.8 Å². The molecule has 3 aromatic rings. The monoisotopic (exact) mass is 366 g/mol. The number of benzene rings is 1. The molecule has 134 valence electrons. The second-order valence-electron chi connectivity index (χ2n) is 6.86. The first-order chi connectivity index (χ1) is 12.6. The lowest BCUT2D eigenvalue weighted by molar-refractivity contribution is -0.134. The maximum atomic E-state index is 12.2. The average Bonchev–Trinajstić information content (AvgIpc) is 3.12. The smallest absolute Gasteiger partial charge is 0.225 e. The largest absolute Gasteiger partial charge is 0.352 e. The van der Waals surface area contributed by atoms with E-state index >= 15 is 0 Å². The van der Waals surface area contributed by atoms with E-state index in [1.54, 1.807) is 17.7 Å². The number of carbonyl (C=O) groups is 1. The van der Waals surface area contributed by atoms with Crippen molar-refractivity contribution >= 4 is 33.3 Å². The standard InChI is InChI=1S/C20H22N4OS/c1-14(2)20(25)24-10-8-23(9-11-24)18-17-16(15-6-4-3-5-7-15)12-26-19(17)22-13-21-18/h3-7,12-14H,8-11H2,1-2H3. The molecule has 0 spiro atoms. The van der Waals surface area contributed by atoms with Crippen molar-refractivity contribution in [2.24, 2.45) is 5.92 Å². The number of piperazine rings is 1. The highest BCUT2D eigenvalue weighted by Gasteiger charge is 2.25. The quantitative estimate of drug-likeness (QED) is 0.710. The summed E-state index contributed by atoms with van der Waals surface area (Å²) in [6, 6.07) is 10.4. The molecule has 1 aliphatic rings. The fourth-order valence-corrected chi connectivity index (χ4v) is 4.34. The van der Waals surface area contributed by atoms with Gasteiger partial charge in [-0.25, -0.2) is 9.97 Å². The van der Waals surface area contributed by atoms with Crippen LogP contribution in [0, 0.1) is 5.92 Å². The fraction of sp³-hybridized carbons (Fsp3) is 0.350. The molecule has 0 unspecified atom stereocenters. The molecule has 1 aromatic carbocycles. The second kappa shape index (κ2) is 7.03. The van der Waals surface area contributed by atoms with Gasteiger partial charge in [0.25, 0.3) is 0 Å². The molecule has 6 heteroatoms. The average molecular weight is 366 g/mol. The van der Waals surface area contributed by atoms with Gasteiger partial charge in [-0.2, -0.15) is 0 Å². The molecule has 1 aliphatic heterocycles. The van der Waals surface area contributed by atoms with Gasteiger partial charge < -0.3 is 9.80 Å². The summed E-state index contributed by atoms with van der Waals surface area (Å²) >= 11 is 1.65. The molecule has 2 aromatic heterocycles. The number of hydrogen-bond acceptors (Lipinski definition) is 5. The molecule has 3 heterocycles. The predicted octanol–water partition coefficient (Wildman–Crippen LogP) is 3.66. The van der Waals surface area contributed by atoms with E-state index in [4.69, 9.17) is 0 Å². The van der Waals surface area contributed by atoms with Crippen LogP contribution in [-0.2, 0) is 4.79 Å². The molecule has 0 radical (unpaired) electrons. The zero-order chi connectivity index (χ0) is 18.1. The highest BCUT2D eigenvalue weighted by molar-refractivity contribution is 7.17. The topological polar surface area (TPSA) is 49.3 Å². The Morgan fingerprint density at radius 1 is 1.08 bits per heavy atom. The third kappa shape index (κ3) is 3.05. The highest BCUT2D eigenvalue weighted by atomic mass is 32.1. The van der Waals surface area contributed by atoms with Crippen LogP contribution < -0.4 is 4.90 Å². The lowest BCUT2D eigenvalue weighted by Gasteiger charge is -2.36. The van der Waals surface area contributed by atoms with Crippen LogP contribution in [0.3, 0.4) is 0 Å². The van der Waals surface area contributed by atoms with Crippen LogP contribution in [0.15, 0.2) is 42.0 Å². The van der Waals surface area contributed by atoms with E-state index < -0.39 is 0 Å². The number of aromatic nitrogens is 2. The summed E-state index contributed by atoms with van der Waals surface area (Å²) in [5.74, 6) is 1.26. The summed E-state index contributed by atoms with van der Waals surface area (Å²) in [5, 5.41) is 3.28. The van der Waals surface area contributed by atoms with Gasteiger partial charge in [-0.05, 0) is 5.56 Å². The Hall–Kier alpha value is -2.47. The van der Waals surface area contributed by atoms with Crippen molar-refractivity contribution in [3.8, 4) is 11.1 Å². The second-order valence-corrected chi connectivity index (χ2v) is 7.72. The Labute approximate surface area is 157 Å². The number of thiophene rings is 1. The number of anilines is 1. The van der Waals surface area contributed by atoms with Gasteiger partial charge in [-0.15, -0.1) is 11.3 Å². The molecular weight excluding hydrogens is 344 g/mol. The van der Waals surface area contributed by atoms with Gasteiger partial charge in [0.1, 0.15) is 17.0 Å². The summed E-state index contributed by atoms with van der Waals surface area (Å²) in [7, 11) is 0. The number of fused-ring (bicyclic) bond motifs is 1. The molecule has 1 saturated heterocycles. The summed E-state index contributed by atoms with van der Waals surface area (Å²) < 4.78 is 0. The van der Waals surface area contributed by atoms with Gasteiger partial charge in [0, 0.05) is 43.0 Å². The minimum Gasteiger partial charge on any atom is -0.352 e. The number of amides is 1. The van der Waals surface area contributed by atoms with Crippen LogP contribution >= 0.6 is 11.3 Å². The lowest BCUT2D eigenvalue weighted by Crippen LogP contribution is -2.50. The molecule has 5 nitrogen and oxygen atoms in total. The molecule has 1 amide bonds. The first-order valence-corrected chi connectivity index (χ1v) is 9.84. The first-order valence-electron chi connectivity index (χ1n) is 8.96. The van der Waals surface area contributed by atoms with E-state index in [2.05, 4.69) is 44.5 Å². The van der Waals surface area contributed by atoms with Gasteiger partial charge in [0.15, 0.2) is 0 Å². The van der Waals surface area contributed by atoms with Crippen LogP contribution in [0.5, 0.6) is 0 Å². The molecule has 0 atom stereocenters. The van der Waals surface area contributed by atoms with Crippen molar-refractivity contribution < 1.29 is 4.79 Å². The van der Waals surface area contributed by atoms with Crippen molar-refractivity contribution in [1.82, 2.24) is 14.9 Å². The van der Waals surface area contributed by atoms with Crippen LogP contribution in [0.2, 0.25) is 0 Å². The molecule has 0 aliphatic carbocycles. The van der Waals surface area contributed by atoms with Gasteiger partial charge >= 0.3 is 0 Å². The zero-order valence-corrected chi connectivity index (χ0v) is 15.9.